The van der Waals surface area contributed by atoms with Gasteiger partial charge in [-0.05, 0) is 36.1 Å². The molecule has 3 heteroatoms. The van der Waals surface area contributed by atoms with Crippen LogP contribution in [0.1, 0.15) is 11.1 Å². The zero-order valence-corrected chi connectivity index (χ0v) is 11.1. The summed E-state index contributed by atoms with van der Waals surface area (Å²) in [7, 11) is 1.77. The van der Waals surface area contributed by atoms with Crippen LogP contribution in [0.25, 0.3) is 0 Å². The Morgan fingerprint density at radius 1 is 1.17 bits per heavy atom. The monoisotopic (exact) mass is 246 g/mol. The molecule has 98 valence electrons. The van der Waals surface area contributed by atoms with Gasteiger partial charge in [0.25, 0.3) is 0 Å². The van der Waals surface area contributed by atoms with E-state index >= 15 is 0 Å². The molecule has 1 aromatic rings. The van der Waals surface area contributed by atoms with Crippen LogP contribution in [0.2, 0.25) is 0 Å². The molecule has 0 aliphatic carbocycles. The van der Waals surface area contributed by atoms with Gasteiger partial charge >= 0.3 is 0 Å². The minimum absolute atomic E-state index is 0.721. The number of nitrogens with zero attached hydrogens (tertiary/aromatic N) is 1. The van der Waals surface area contributed by atoms with Crippen molar-refractivity contribution >= 4 is 0 Å². The molecule has 2 aliphatic rings. The van der Waals surface area contributed by atoms with E-state index in [-0.39, 0.29) is 0 Å². The largest absolute Gasteiger partial charge is 0.380 e. The third kappa shape index (κ3) is 2.44. The lowest BCUT2D eigenvalue weighted by molar-refractivity contribution is 0.182. The molecule has 1 N–H and O–H groups in total. The highest BCUT2D eigenvalue weighted by Gasteiger charge is 2.35. The Labute approximate surface area is 109 Å². The lowest BCUT2D eigenvalue weighted by Gasteiger charge is -2.19. The van der Waals surface area contributed by atoms with Crippen LogP contribution in [-0.4, -0.2) is 38.2 Å². The van der Waals surface area contributed by atoms with E-state index in [1.807, 2.05) is 0 Å². The summed E-state index contributed by atoms with van der Waals surface area (Å²) in [6.45, 7) is 6.71. The Hall–Kier alpha value is -0.900. The molecule has 3 nitrogen and oxygen atoms in total. The van der Waals surface area contributed by atoms with Gasteiger partial charge in [0, 0.05) is 26.7 Å². The topological polar surface area (TPSA) is 24.5 Å². The van der Waals surface area contributed by atoms with Crippen molar-refractivity contribution in [2.24, 2.45) is 11.8 Å². The highest BCUT2D eigenvalue weighted by Crippen LogP contribution is 2.27. The molecule has 0 saturated carbocycles. The summed E-state index contributed by atoms with van der Waals surface area (Å²) in [5, 5.41) is 3.49. The van der Waals surface area contributed by atoms with Gasteiger partial charge in [0.05, 0.1) is 6.61 Å². The van der Waals surface area contributed by atoms with E-state index in [9.17, 15) is 0 Å². The summed E-state index contributed by atoms with van der Waals surface area (Å²) >= 11 is 0. The fourth-order valence-electron chi connectivity index (χ4n) is 3.33. The van der Waals surface area contributed by atoms with Crippen molar-refractivity contribution in [3.05, 3.63) is 35.4 Å². The number of fused-ring (bicyclic) bond motifs is 1. The molecule has 2 unspecified atom stereocenters. The number of benzene rings is 1. The van der Waals surface area contributed by atoms with Gasteiger partial charge in [0.15, 0.2) is 0 Å². The molecule has 2 heterocycles. The second-order valence-corrected chi connectivity index (χ2v) is 5.57. The molecule has 0 amide bonds. The SMILES string of the molecule is COCc1ccccc1CN1CC2CNCC2C1. The smallest absolute Gasteiger partial charge is 0.0716 e. The van der Waals surface area contributed by atoms with Crippen LogP contribution in [0.3, 0.4) is 0 Å². The van der Waals surface area contributed by atoms with Gasteiger partial charge < -0.3 is 10.1 Å². The number of methoxy groups -OCH3 is 1. The van der Waals surface area contributed by atoms with Crippen LogP contribution in [0.15, 0.2) is 24.3 Å². The van der Waals surface area contributed by atoms with E-state index in [1.165, 1.54) is 37.3 Å². The summed E-state index contributed by atoms with van der Waals surface area (Å²) < 4.78 is 5.28. The van der Waals surface area contributed by atoms with Gasteiger partial charge in [-0.2, -0.15) is 0 Å². The first kappa shape index (κ1) is 12.2. The third-order valence-corrected chi connectivity index (χ3v) is 4.28. The van der Waals surface area contributed by atoms with Crippen molar-refractivity contribution in [3.8, 4) is 0 Å². The fourth-order valence-corrected chi connectivity index (χ4v) is 3.33. The van der Waals surface area contributed by atoms with Crippen molar-refractivity contribution in [2.75, 3.05) is 33.3 Å². The first-order valence-corrected chi connectivity index (χ1v) is 6.85. The highest BCUT2D eigenvalue weighted by molar-refractivity contribution is 5.26. The Kier molecular flexibility index (Phi) is 3.64. The van der Waals surface area contributed by atoms with Gasteiger partial charge in [0.1, 0.15) is 0 Å². The Morgan fingerprint density at radius 2 is 1.83 bits per heavy atom. The fraction of sp³-hybridized carbons (Fsp3) is 0.600. The van der Waals surface area contributed by atoms with E-state index in [0.29, 0.717) is 0 Å². The molecule has 2 aliphatic heterocycles. The number of ether oxygens (including phenoxy) is 1. The number of hydrogen-bond donors (Lipinski definition) is 1. The Morgan fingerprint density at radius 3 is 2.50 bits per heavy atom. The second-order valence-electron chi connectivity index (χ2n) is 5.57. The first-order valence-electron chi connectivity index (χ1n) is 6.85. The van der Waals surface area contributed by atoms with Crippen molar-refractivity contribution in [1.82, 2.24) is 10.2 Å². The van der Waals surface area contributed by atoms with Crippen LogP contribution >= 0.6 is 0 Å². The van der Waals surface area contributed by atoms with Crippen molar-refractivity contribution < 1.29 is 4.74 Å². The average molecular weight is 246 g/mol. The molecule has 2 fully saturated rings. The van der Waals surface area contributed by atoms with E-state index in [2.05, 4.69) is 34.5 Å². The van der Waals surface area contributed by atoms with Crippen LogP contribution < -0.4 is 5.32 Å². The van der Waals surface area contributed by atoms with Gasteiger partial charge in [0.2, 0.25) is 0 Å². The first-order chi connectivity index (χ1) is 8.86. The molecule has 0 aromatic heterocycles. The summed E-state index contributed by atoms with van der Waals surface area (Å²) in [6.07, 6.45) is 0. The quantitative estimate of drug-likeness (QED) is 0.871. The molecule has 1 aromatic carbocycles. The molecule has 2 saturated heterocycles. The lowest BCUT2D eigenvalue weighted by atomic mass is 10.0. The van der Waals surface area contributed by atoms with Crippen LogP contribution in [-0.2, 0) is 17.9 Å². The highest BCUT2D eigenvalue weighted by atomic mass is 16.5. The molecule has 0 radical (unpaired) electrons. The average Bonchev–Trinajstić information content (AvgIpc) is 2.92. The predicted octanol–water partition coefficient (Wildman–Crippen LogP) is 1.48. The normalized spacial score (nSPS) is 27.6. The van der Waals surface area contributed by atoms with Crippen LogP contribution in [0.4, 0.5) is 0 Å². The lowest BCUT2D eigenvalue weighted by Crippen LogP contribution is -2.25. The third-order valence-electron chi connectivity index (χ3n) is 4.28. The Bertz CT molecular complexity index is 395. The zero-order chi connectivity index (χ0) is 12.4. The summed E-state index contributed by atoms with van der Waals surface area (Å²) in [6, 6.07) is 8.64. The van der Waals surface area contributed by atoms with E-state index in [4.69, 9.17) is 4.74 Å². The number of rotatable bonds is 4. The number of nitrogens with one attached hydrogen (secondary N) is 1. The van der Waals surface area contributed by atoms with Crippen molar-refractivity contribution in [2.45, 2.75) is 13.2 Å². The van der Waals surface area contributed by atoms with Gasteiger partial charge in [-0.3, -0.25) is 4.90 Å². The van der Waals surface area contributed by atoms with E-state index in [1.54, 1.807) is 7.11 Å². The summed E-state index contributed by atoms with van der Waals surface area (Å²) in [4.78, 5) is 2.60. The Balaban J connectivity index is 1.66. The standard InChI is InChI=1S/C15H22N2O/c1-18-11-13-5-3-2-4-12(13)8-17-9-14-6-16-7-15(14)10-17/h2-5,14-16H,6-11H2,1H3. The summed E-state index contributed by atoms with van der Waals surface area (Å²) in [5.41, 5.74) is 2.75. The molecule has 18 heavy (non-hydrogen) atoms. The molecular weight excluding hydrogens is 224 g/mol. The minimum atomic E-state index is 0.721. The van der Waals surface area contributed by atoms with Crippen LogP contribution in [0.5, 0.6) is 0 Å². The molecule has 2 atom stereocenters. The van der Waals surface area contributed by atoms with Crippen molar-refractivity contribution in [3.63, 3.8) is 0 Å². The summed E-state index contributed by atoms with van der Waals surface area (Å²) in [5.74, 6) is 1.75. The predicted molar refractivity (Wildman–Crippen MR) is 72.3 cm³/mol. The number of likely N-dealkylation sites (tertiary alicyclic amines) is 1. The maximum absolute atomic E-state index is 5.28. The van der Waals surface area contributed by atoms with Crippen LogP contribution in [0, 0.1) is 11.8 Å². The minimum Gasteiger partial charge on any atom is -0.380 e. The zero-order valence-electron chi connectivity index (χ0n) is 11.1. The van der Waals surface area contributed by atoms with Gasteiger partial charge in [-0.15, -0.1) is 0 Å². The molecule has 3 rings (SSSR count). The number of hydrogen-bond acceptors (Lipinski definition) is 3. The molecule has 0 spiro atoms. The van der Waals surface area contributed by atoms with E-state index < -0.39 is 0 Å². The van der Waals surface area contributed by atoms with Crippen molar-refractivity contribution in [1.29, 1.82) is 0 Å². The molecule has 0 bridgehead atoms. The van der Waals surface area contributed by atoms with Gasteiger partial charge in [-0.25, -0.2) is 0 Å². The molecular formula is C15H22N2O. The van der Waals surface area contributed by atoms with E-state index in [0.717, 1.165) is 25.0 Å². The maximum atomic E-state index is 5.28. The maximum Gasteiger partial charge on any atom is 0.0716 e. The van der Waals surface area contributed by atoms with Gasteiger partial charge in [-0.1, -0.05) is 24.3 Å². The second kappa shape index (κ2) is 5.39.